The fourth-order valence-corrected chi connectivity index (χ4v) is 3.30. The van der Waals surface area contributed by atoms with Gasteiger partial charge in [0, 0.05) is 23.4 Å². The lowest BCUT2D eigenvalue weighted by Crippen LogP contribution is -2.37. The van der Waals surface area contributed by atoms with Crippen molar-refractivity contribution in [3.63, 3.8) is 0 Å². The Morgan fingerprint density at radius 2 is 1.75 bits per heavy atom. The maximum atomic E-state index is 11.0. The highest BCUT2D eigenvalue weighted by atomic mass is 16.6. The Morgan fingerprint density at radius 3 is 2.30 bits per heavy atom. The minimum absolute atomic E-state index is 0.206. The van der Waals surface area contributed by atoms with Crippen LogP contribution in [0.3, 0.4) is 0 Å². The number of nitro groups is 1. The second kappa shape index (κ2) is 5.81. The molecule has 4 heteroatoms. The average Bonchev–Trinajstić information content (AvgIpc) is 2.37. The molecule has 2 rings (SSSR count). The highest BCUT2D eigenvalue weighted by Crippen LogP contribution is 2.33. The van der Waals surface area contributed by atoms with Crippen LogP contribution in [0.2, 0.25) is 0 Å². The van der Waals surface area contributed by atoms with Crippen molar-refractivity contribution in [3.8, 4) is 0 Å². The lowest BCUT2D eigenvalue weighted by atomic mass is 9.78. The summed E-state index contributed by atoms with van der Waals surface area (Å²) in [6.07, 6.45) is 3.82. The Bertz CT molecular complexity index is 503. The molecule has 1 aliphatic carbocycles. The van der Waals surface area contributed by atoms with Crippen molar-refractivity contribution >= 4 is 11.4 Å². The van der Waals surface area contributed by atoms with Gasteiger partial charge in [0.1, 0.15) is 0 Å². The Balaban J connectivity index is 2.25. The summed E-state index contributed by atoms with van der Waals surface area (Å²) in [5.41, 5.74) is 2.92. The molecule has 0 radical (unpaired) electrons. The van der Waals surface area contributed by atoms with E-state index < -0.39 is 0 Å². The zero-order valence-electron chi connectivity index (χ0n) is 12.8. The van der Waals surface area contributed by atoms with Gasteiger partial charge in [0.2, 0.25) is 0 Å². The molecule has 1 aliphatic rings. The Hall–Kier alpha value is -1.58. The summed E-state index contributed by atoms with van der Waals surface area (Å²) >= 11 is 0. The number of benzene rings is 1. The summed E-state index contributed by atoms with van der Waals surface area (Å²) in [5.74, 6) is 1.29. The lowest BCUT2D eigenvalue weighted by molar-refractivity contribution is -0.385. The van der Waals surface area contributed by atoms with Crippen LogP contribution in [0, 0.1) is 35.8 Å². The van der Waals surface area contributed by atoms with Gasteiger partial charge in [-0.3, -0.25) is 10.1 Å². The summed E-state index contributed by atoms with van der Waals surface area (Å²) in [7, 11) is 0. The van der Waals surface area contributed by atoms with Crippen LogP contribution in [-0.2, 0) is 0 Å². The molecule has 4 nitrogen and oxygen atoms in total. The number of anilines is 1. The van der Waals surface area contributed by atoms with E-state index in [0.29, 0.717) is 17.9 Å². The molecule has 20 heavy (non-hydrogen) atoms. The number of aryl methyl sites for hydroxylation is 2. The zero-order valence-corrected chi connectivity index (χ0v) is 12.8. The maximum absolute atomic E-state index is 11.0. The number of nitrogens with zero attached hydrogens (tertiary/aromatic N) is 1. The Kier molecular flexibility index (Phi) is 4.31. The van der Waals surface area contributed by atoms with Gasteiger partial charge >= 0.3 is 0 Å². The third kappa shape index (κ3) is 2.94. The van der Waals surface area contributed by atoms with E-state index in [4.69, 9.17) is 0 Å². The molecule has 0 spiro atoms. The van der Waals surface area contributed by atoms with Gasteiger partial charge in [0.25, 0.3) is 5.69 Å². The Morgan fingerprint density at radius 1 is 1.15 bits per heavy atom. The van der Waals surface area contributed by atoms with Gasteiger partial charge in [0.05, 0.1) is 4.92 Å². The van der Waals surface area contributed by atoms with E-state index in [2.05, 4.69) is 19.2 Å². The van der Waals surface area contributed by atoms with Crippen LogP contribution in [0.25, 0.3) is 0 Å². The van der Waals surface area contributed by atoms with Crippen molar-refractivity contribution in [2.45, 2.75) is 53.0 Å². The predicted molar refractivity (Wildman–Crippen MR) is 82.2 cm³/mol. The molecule has 2 unspecified atom stereocenters. The van der Waals surface area contributed by atoms with Gasteiger partial charge in [-0.2, -0.15) is 0 Å². The fraction of sp³-hybridized carbons (Fsp3) is 0.625. The topological polar surface area (TPSA) is 55.2 Å². The van der Waals surface area contributed by atoms with E-state index in [1.165, 1.54) is 19.3 Å². The first-order valence-corrected chi connectivity index (χ1v) is 7.42. The van der Waals surface area contributed by atoms with Crippen molar-refractivity contribution in [3.05, 3.63) is 33.4 Å². The molecule has 0 aromatic heterocycles. The van der Waals surface area contributed by atoms with Crippen molar-refractivity contribution in [2.75, 3.05) is 5.32 Å². The van der Waals surface area contributed by atoms with Crippen molar-refractivity contribution in [1.29, 1.82) is 0 Å². The first-order chi connectivity index (χ1) is 9.40. The summed E-state index contributed by atoms with van der Waals surface area (Å²) in [5, 5.41) is 14.6. The molecular weight excluding hydrogens is 252 g/mol. The minimum atomic E-state index is -0.308. The fourth-order valence-electron chi connectivity index (χ4n) is 3.30. The maximum Gasteiger partial charge on any atom is 0.272 e. The molecule has 1 aromatic carbocycles. The molecule has 1 saturated carbocycles. The molecule has 0 aliphatic heterocycles. The van der Waals surface area contributed by atoms with E-state index in [1.807, 2.05) is 13.0 Å². The van der Waals surface area contributed by atoms with Crippen molar-refractivity contribution in [1.82, 2.24) is 0 Å². The number of nitrogens with one attached hydrogen (secondary N) is 1. The first kappa shape index (κ1) is 14.8. The summed E-state index contributed by atoms with van der Waals surface area (Å²) in [4.78, 5) is 10.7. The van der Waals surface area contributed by atoms with Gasteiger partial charge in [-0.15, -0.1) is 0 Å². The van der Waals surface area contributed by atoms with Crippen LogP contribution in [0.15, 0.2) is 12.1 Å². The van der Waals surface area contributed by atoms with Crippen LogP contribution >= 0.6 is 0 Å². The van der Waals surface area contributed by atoms with E-state index in [1.54, 1.807) is 13.0 Å². The normalized spacial score (nSPS) is 26.3. The van der Waals surface area contributed by atoms with E-state index in [-0.39, 0.29) is 10.6 Å². The van der Waals surface area contributed by atoms with E-state index >= 15 is 0 Å². The molecular formula is C16H24N2O2. The van der Waals surface area contributed by atoms with Gasteiger partial charge in [-0.25, -0.2) is 0 Å². The van der Waals surface area contributed by atoms with Crippen LogP contribution in [-0.4, -0.2) is 11.0 Å². The third-order valence-electron chi connectivity index (χ3n) is 4.61. The largest absolute Gasteiger partial charge is 0.382 e. The monoisotopic (exact) mass is 276 g/mol. The second-order valence-corrected chi connectivity index (χ2v) is 6.27. The van der Waals surface area contributed by atoms with E-state index in [9.17, 15) is 10.1 Å². The van der Waals surface area contributed by atoms with Gasteiger partial charge in [-0.1, -0.05) is 20.3 Å². The summed E-state index contributed by atoms with van der Waals surface area (Å²) in [6, 6.07) is 4.06. The predicted octanol–water partition coefficient (Wildman–Crippen LogP) is 4.45. The molecule has 1 aromatic rings. The van der Waals surface area contributed by atoms with Gasteiger partial charge in [0.15, 0.2) is 0 Å². The highest BCUT2D eigenvalue weighted by Gasteiger charge is 2.28. The SMILES string of the molecule is Cc1cc([N+](=O)[O-])c(C)cc1NC1C(C)CCCC1C. The lowest BCUT2D eigenvalue weighted by Gasteiger charge is -2.36. The quantitative estimate of drug-likeness (QED) is 0.655. The molecule has 110 valence electrons. The van der Waals surface area contributed by atoms with Crippen LogP contribution in [0.4, 0.5) is 11.4 Å². The third-order valence-corrected chi connectivity index (χ3v) is 4.61. The molecule has 0 amide bonds. The molecule has 0 saturated heterocycles. The minimum Gasteiger partial charge on any atom is -0.382 e. The Labute approximate surface area is 120 Å². The van der Waals surface area contributed by atoms with Crippen LogP contribution in [0.5, 0.6) is 0 Å². The molecule has 0 heterocycles. The summed E-state index contributed by atoms with van der Waals surface area (Å²) in [6.45, 7) is 8.32. The van der Waals surface area contributed by atoms with Gasteiger partial charge in [-0.05, 0) is 50.2 Å². The average molecular weight is 276 g/mol. The number of hydrogen-bond donors (Lipinski definition) is 1. The van der Waals surface area contributed by atoms with Crippen molar-refractivity contribution < 1.29 is 4.92 Å². The first-order valence-electron chi connectivity index (χ1n) is 7.42. The van der Waals surface area contributed by atoms with Gasteiger partial charge < -0.3 is 5.32 Å². The molecule has 1 N–H and O–H groups in total. The van der Waals surface area contributed by atoms with Crippen LogP contribution in [0.1, 0.15) is 44.2 Å². The zero-order chi connectivity index (χ0) is 14.9. The number of nitro benzene ring substituents is 1. The van der Waals surface area contributed by atoms with Crippen molar-refractivity contribution in [2.24, 2.45) is 11.8 Å². The second-order valence-electron chi connectivity index (χ2n) is 6.27. The van der Waals surface area contributed by atoms with E-state index in [0.717, 1.165) is 16.8 Å². The molecule has 2 atom stereocenters. The standard InChI is InChI=1S/C16H24N2O2/c1-10-6-5-7-11(2)16(10)17-14-8-13(4)15(18(19)20)9-12(14)3/h8-11,16-17H,5-7H2,1-4H3. The highest BCUT2D eigenvalue weighted by molar-refractivity contribution is 5.59. The molecule has 0 bridgehead atoms. The smallest absolute Gasteiger partial charge is 0.272 e. The molecule has 1 fully saturated rings. The summed E-state index contributed by atoms with van der Waals surface area (Å²) < 4.78 is 0. The van der Waals surface area contributed by atoms with Crippen LogP contribution < -0.4 is 5.32 Å². The number of rotatable bonds is 3. The number of hydrogen-bond acceptors (Lipinski definition) is 3.